The summed E-state index contributed by atoms with van der Waals surface area (Å²) in [4.78, 5) is 21.3. The van der Waals surface area contributed by atoms with E-state index in [0.717, 1.165) is 11.3 Å². The molecule has 0 bridgehead atoms. The van der Waals surface area contributed by atoms with Crippen LogP contribution in [0.25, 0.3) is 5.65 Å². The lowest BCUT2D eigenvalue weighted by molar-refractivity contribution is -0.117. The normalized spacial score (nSPS) is 17.5. The number of nitrogens with zero attached hydrogens (tertiary/aromatic N) is 5. The van der Waals surface area contributed by atoms with E-state index in [1.165, 1.54) is 12.3 Å². The van der Waals surface area contributed by atoms with Crippen LogP contribution in [0.15, 0.2) is 24.5 Å². The maximum Gasteiger partial charge on any atom is 0.232 e. The zero-order valence-electron chi connectivity index (χ0n) is 14.5. The molecule has 7 nitrogen and oxygen atoms in total. The van der Waals surface area contributed by atoms with Crippen LogP contribution in [0.4, 0.5) is 5.69 Å². The molecule has 0 radical (unpaired) electrons. The molecule has 3 aromatic heterocycles. The maximum absolute atomic E-state index is 12.9. The third-order valence-corrected chi connectivity index (χ3v) is 5.22. The van der Waals surface area contributed by atoms with Gasteiger partial charge in [0, 0.05) is 23.2 Å². The smallest absolute Gasteiger partial charge is 0.232 e. The van der Waals surface area contributed by atoms with Crippen LogP contribution in [0.3, 0.4) is 0 Å². The van der Waals surface area contributed by atoms with Crippen LogP contribution in [0.2, 0.25) is 10.2 Å². The molecule has 0 spiro atoms. The van der Waals surface area contributed by atoms with Crippen molar-refractivity contribution in [3.8, 4) is 6.07 Å². The summed E-state index contributed by atoms with van der Waals surface area (Å²) in [6.45, 7) is 4.13. The van der Waals surface area contributed by atoms with Crippen molar-refractivity contribution in [3.05, 3.63) is 51.7 Å². The molecule has 4 rings (SSSR count). The van der Waals surface area contributed by atoms with Gasteiger partial charge < -0.3 is 5.32 Å². The lowest BCUT2D eigenvalue weighted by Crippen LogP contribution is -2.21. The van der Waals surface area contributed by atoms with Crippen molar-refractivity contribution in [1.82, 2.24) is 19.6 Å². The fourth-order valence-corrected chi connectivity index (χ4v) is 4.00. The molecule has 3 aromatic rings. The molecule has 0 aliphatic heterocycles. The molecule has 27 heavy (non-hydrogen) atoms. The van der Waals surface area contributed by atoms with Crippen LogP contribution in [0.5, 0.6) is 0 Å². The second-order valence-electron chi connectivity index (χ2n) is 7.10. The third-order valence-electron chi connectivity index (χ3n) is 4.74. The lowest BCUT2D eigenvalue weighted by Gasteiger charge is -2.19. The molecule has 9 heteroatoms. The Morgan fingerprint density at radius 2 is 2.11 bits per heavy atom. The third kappa shape index (κ3) is 2.91. The monoisotopic (exact) mass is 400 g/mol. The zero-order chi connectivity index (χ0) is 19.3. The Bertz CT molecular complexity index is 1130. The van der Waals surface area contributed by atoms with Crippen LogP contribution < -0.4 is 5.32 Å². The van der Waals surface area contributed by atoms with E-state index in [9.17, 15) is 4.79 Å². The Morgan fingerprint density at radius 1 is 1.33 bits per heavy atom. The first-order valence-electron chi connectivity index (χ1n) is 8.21. The van der Waals surface area contributed by atoms with E-state index in [2.05, 4.69) is 34.2 Å². The van der Waals surface area contributed by atoms with Crippen LogP contribution in [0, 0.1) is 11.3 Å². The van der Waals surface area contributed by atoms with Gasteiger partial charge in [-0.05, 0) is 12.5 Å². The summed E-state index contributed by atoms with van der Waals surface area (Å²) >= 11 is 12.0. The fourth-order valence-electron chi connectivity index (χ4n) is 3.62. The first-order valence-corrected chi connectivity index (χ1v) is 8.97. The number of anilines is 1. The maximum atomic E-state index is 12.9. The number of aromatic nitrogens is 4. The van der Waals surface area contributed by atoms with E-state index in [-0.39, 0.29) is 22.0 Å². The Balaban J connectivity index is 1.70. The number of hydrogen-bond acceptors (Lipinski definition) is 5. The molecule has 0 saturated carbocycles. The van der Waals surface area contributed by atoms with E-state index in [1.54, 1.807) is 16.8 Å². The van der Waals surface area contributed by atoms with E-state index >= 15 is 0 Å². The average Bonchev–Trinajstić information content (AvgIpc) is 3.11. The van der Waals surface area contributed by atoms with Crippen LogP contribution in [-0.4, -0.2) is 25.5 Å². The first-order chi connectivity index (χ1) is 12.8. The molecule has 1 aliphatic carbocycles. The van der Waals surface area contributed by atoms with Crippen molar-refractivity contribution >= 4 is 40.4 Å². The van der Waals surface area contributed by atoms with Crippen molar-refractivity contribution in [2.45, 2.75) is 31.6 Å². The minimum absolute atomic E-state index is 0.115. The number of nitriles is 1. The number of carbonyl (C=O) groups is 1. The molecule has 1 aliphatic rings. The first kappa shape index (κ1) is 17.7. The van der Waals surface area contributed by atoms with Gasteiger partial charge >= 0.3 is 0 Å². The second kappa shape index (κ2) is 6.19. The summed E-state index contributed by atoms with van der Waals surface area (Å²) in [6, 6.07) is 5.09. The molecule has 1 atom stereocenters. The predicted molar refractivity (Wildman–Crippen MR) is 101 cm³/mol. The van der Waals surface area contributed by atoms with Gasteiger partial charge in [-0.2, -0.15) is 10.4 Å². The summed E-state index contributed by atoms with van der Waals surface area (Å²) in [5.41, 5.74) is 2.66. The Morgan fingerprint density at radius 3 is 2.81 bits per heavy atom. The molecule has 0 fully saturated rings. The minimum Gasteiger partial charge on any atom is -0.324 e. The molecular formula is C18H14Cl2N6O. The molecule has 136 valence electrons. The van der Waals surface area contributed by atoms with Crippen molar-refractivity contribution in [2.75, 3.05) is 5.32 Å². The Labute approximate surface area is 164 Å². The van der Waals surface area contributed by atoms with E-state index < -0.39 is 5.92 Å². The standard InChI is InChI=1S/C18H14Cl2N6O/c1-18(2)5-10(11-8-23-15-4-14(20)25-26(15)16(11)18)17(27)24-9-3-12(19)13(6-21)22-7-9/h3-4,7-8,10H,5H2,1-2H3,(H,24,27). The highest BCUT2D eigenvalue weighted by molar-refractivity contribution is 6.31. The number of fused-ring (bicyclic) bond motifs is 3. The number of hydrogen-bond donors (Lipinski definition) is 1. The van der Waals surface area contributed by atoms with E-state index in [4.69, 9.17) is 28.5 Å². The molecule has 1 N–H and O–H groups in total. The number of carbonyl (C=O) groups excluding carboxylic acids is 1. The van der Waals surface area contributed by atoms with Crippen molar-refractivity contribution in [1.29, 1.82) is 5.26 Å². The number of nitrogens with one attached hydrogen (secondary N) is 1. The minimum atomic E-state index is -0.399. The average molecular weight is 401 g/mol. The largest absolute Gasteiger partial charge is 0.324 e. The van der Waals surface area contributed by atoms with Gasteiger partial charge in [0.05, 0.1) is 28.5 Å². The van der Waals surface area contributed by atoms with Gasteiger partial charge in [0.25, 0.3) is 0 Å². The van der Waals surface area contributed by atoms with Crippen LogP contribution in [0.1, 0.15) is 43.1 Å². The van der Waals surface area contributed by atoms with Crippen molar-refractivity contribution in [3.63, 3.8) is 0 Å². The zero-order valence-corrected chi connectivity index (χ0v) is 16.0. The summed E-state index contributed by atoms with van der Waals surface area (Å²) in [6.07, 6.45) is 3.73. The summed E-state index contributed by atoms with van der Waals surface area (Å²) in [5.74, 6) is -0.590. The molecule has 0 saturated heterocycles. The van der Waals surface area contributed by atoms with Crippen LogP contribution >= 0.6 is 23.2 Å². The molecular weight excluding hydrogens is 387 g/mol. The topological polar surface area (TPSA) is 96.0 Å². The fraction of sp³-hybridized carbons (Fsp3) is 0.278. The van der Waals surface area contributed by atoms with E-state index in [1.807, 2.05) is 6.07 Å². The SMILES string of the molecule is CC1(C)CC(C(=O)Nc2cnc(C#N)c(Cl)c2)c2cnc3cc(Cl)nn3c21. The highest BCUT2D eigenvalue weighted by Gasteiger charge is 2.43. The molecule has 3 heterocycles. The highest BCUT2D eigenvalue weighted by Crippen LogP contribution is 2.46. The van der Waals surface area contributed by atoms with Gasteiger partial charge in [0.1, 0.15) is 6.07 Å². The quantitative estimate of drug-likeness (QED) is 0.706. The number of pyridine rings is 1. The van der Waals surface area contributed by atoms with E-state index in [0.29, 0.717) is 22.9 Å². The van der Waals surface area contributed by atoms with Gasteiger partial charge in [-0.15, -0.1) is 0 Å². The summed E-state index contributed by atoms with van der Waals surface area (Å²) < 4.78 is 1.71. The summed E-state index contributed by atoms with van der Waals surface area (Å²) in [7, 11) is 0. The van der Waals surface area contributed by atoms with Gasteiger partial charge in [-0.25, -0.2) is 14.5 Å². The molecule has 1 unspecified atom stereocenters. The number of halogens is 2. The second-order valence-corrected chi connectivity index (χ2v) is 7.89. The summed E-state index contributed by atoms with van der Waals surface area (Å²) in [5, 5.41) is 16.6. The van der Waals surface area contributed by atoms with Gasteiger partial charge in [0.2, 0.25) is 5.91 Å². The Hall–Kier alpha value is -2.69. The Kier molecular flexibility index (Phi) is 4.06. The molecule has 1 amide bonds. The van der Waals surface area contributed by atoms with Gasteiger partial charge in [-0.3, -0.25) is 4.79 Å². The van der Waals surface area contributed by atoms with Crippen LogP contribution in [-0.2, 0) is 10.2 Å². The lowest BCUT2D eigenvalue weighted by atomic mass is 9.88. The predicted octanol–water partition coefficient (Wildman–Crippen LogP) is 3.71. The van der Waals surface area contributed by atoms with Gasteiger partial charge in [-0.1, -0.05) is 37.0 Å². The van der Waals surface area contributed by atoms with Crippen molar-refractivity contribution < 1.29 is 4.79 Å². The van der Waals surface area contributed by atoms with Gasteiger partial charge in [0.15, 0.2) is 16.5 Å². The number of amides is 1. The number of rotatable bonds is 2. The molecule has 0 aromatic carbocycles. The van der Waals surface area contributed by atoms with Crippen molar-refractivity contribution in [2.24, 2.45) is 0 Å². The highest BCUT2D eigenvalue weighted by atomic mass is 35.5.